The maximum absolute atomic E-state index is 13.1. The SMILES string of the molecule is O=C(c1ccccc1)c1ccccc1N[C@@H](Cc1ccc(OC/C=C/c2cccc3c2Cc2ccccc2-3)cc1)C(=O)O. The number of carbonyl (C=O) groups is 2. The molecule has 5 nitrogen and oxygen atoms in total. The molecule has 1 atom stereocenters. The molecule has 5 aromatic rings. The number of para-hydroxylation sites is 1. The summed E-state index contributed by atoms with van der Waals surface area (Å²) in [6.07, 6.45) is 5.31. The molecule has 0 aliphatic heterocycles. The minimum atomic E-state index is -0.997. The third-order valence-electron chi connectivity index (χ3n) is 7.73. The molecular weight excluding hydrogens is 534 g/mol. The fraction of sp³-hybridized carbons (Fsp3) is 0.105. The Bertz CT molecular complexity index is 1790. The molecule has 0 heterocycles. The van der Waals surface area contributed by atoms with Crippen molar-refractivity contribution < 1.29 is 19.4 Å². The molecular formula is C38H31NO4. The van der Waals surface area contributed by atoms with E-state index < -0.39 is 12.0 Å². The zero-order valence-electron chi connectivity index (χ0n) is 23.6. The predicted octanol–water partition coefficient (Wildman–Crippen LogP) is 7.69. The molecule has 6 rings (SSSR count). The third kappa shape index (κ3) is 6.26. The summed E-state index contributed by atoms with van der Waals surface area (Å²) >= 11 is 0. The molecule has 0 amide bonds. The number of hydrogen-bond donors (Lipinski definition) is 2. The Hall–Kier alpha value is -5.42. The fourth-order valence-corrected chi connectivity index (χ4v) is 5.55. The topological polar surface area (TPSA) is 75.6 Å². The highest BCUT2D eigenvalue weighted by atomic mass is 16.5. The second kappa shape index (κ2) is 12.6. The van der Waals surface area contributed by atoms with Gasteiger partial charge >= 0.3 is 5.97 Å². The van der Waals surface area contributed by atoms with E-state index in [0.717, 1.165) is 12.0 Å². The van der Waals surface area contributed by atoms with Crippen molar-refractivity contribution in [1.82, 2.24) is 0 Å². The van der Waals surface area contributed by atoms with Crippen LogP contribution in [0.2, 0.25) is 0 Å². The van der Waals surface area contributed by atoms with Gasteiger partial charge in [0.1, 0.15) is 18.4 Å². The molecule has 2 N–H and O–H groups in total. The highest BCUT2D eigenvalue weighted by molar-refractivity contribution is 6.12. The van der Waals surface area contributed by atoms with Crippen LogP contribution in [0.4, 0.5) is 5.69 Å². The Morgan fingerprint density at radius 1 is 0.791 bits per heavy atom. The van der Waals surface area contributed by atoms with Gasteiger partial charge in [0, 0.05) is 23.2 Å². The summed E-state index contributed by atoms with van der Waals surface area (Å²) in [7, 11) is 0. The van der Waals surface area contributed by atoms with E-state index in [4.69, 9.17) is 4.74 Å². The Labute approximate surface area is 251 Å². The van der Waals surface area contributed by atoms with Crippen molar-refractivity contribution in [3.8, 4) is 16.9 Å². The second-order valence-electron chi connectivity index (χ2n) is 10.5. The molecule has 0 fully saturated rings. The molecule has 5 aromatic carbocycles. The van der Waals surface area contributed by atoms with E-state index >= 15 is 0 Å². The molecule has 5 heteroatoms. The van der Waals surface area contributed by atoms with Gasteiger partial charge in [-0.3, -0.25) is 4.79 Å². The minimum absolute atomic E-state index is 0.162. The Morgan fingerprint density at radius 2 is 1.51 bits per heavy atom. The number of hydrogen-bond acceptors (Lipinski definition) is 4. The number of fused-ring (bicyclic) bond motifs is 3. The summed E-state index contributed by atoms with van der Waals surface area (Å²) in [6, 6.07) is 37.5. The summed E-state index contributed by atoms with van der Waals surface area (Å²) < 4.78 is 5.94. The third-order valence-corrected chi connectivity index (χ3v) is 7.73. The average Bonchev–Trinajstić information content (AvgIpc) is 3.43. The summed E-state index contributed by atoms with van der Waals surface area (Å²) in [4.78, 5) is 25.3. The van der Waals surface area contributed by atoms with E-state index in [1.165, 1.54) is 27.8 Å². The van der Waals surface area contributed by atoms with Gasteiger partial charge in [-0.15, -0.1) is 0 Å². The first-order valence-corrected chi connectivity index (χ1v) is 14.3. The number of rotatable bonds is 11. The first-order valence-electron chi connectivity index (χ1n) is 14.3. The summed E-state index contributed by atoms with van der Waals surface area (Å²) in [5.41, 5.74) is 8.83. The van der Waals surface area contributed by atoms with Crippen LogP contribution in [0.5, 0.6) is 5.75 Å². The van der Waals surface area contributed by atoms with Gasteiger partial charge in [-0.2, -0.15) is 0 Å². The zero-order chi connectivity index (χ0) is 29.6. The maximum atomic E-state index is 13.1. The van der Waals surface area contributed by atoms with Gasteiger partial charge in [-0.1, -0.05) is 103 Å². The van der Waals surface area contributed by atoms with Crippen molar-refractivity contribution in [2.24, 2.45) is 0 Å². The van der Waals surface area contributed by atoms with Crippen molar-refractivity contribution in [2.45, 2.75) is 18.9 Å². The molecule has 1 aliphatic rings. The first kappa shape index (κ1) is 27.7. The van der Waals surface area contributed by atoms with Crippen molar-refractivity contribution in [1.29, 1.82) is 0 Å². The van der Waals surface area contributed by atoms with Gasteiger partial charge in [-0.25, -0.2) is 4.79 Å². The molecule has 0 radical (unpaired) electrons. The lowest BCUT2D eigenvalue weighted by Gasteiger charge is -2.18. The predicted molar refractivity (Wildman–Crippen MR) is 171 cm³/mol. The highest BCUT2D eigenvalue weighted by Crippen LogP contribution is 2.38. The standard InChI is InChI=1S/C38H31NO4/c40-37(28-10-2-1-3-11-28)33-16-6-7-18-35(33)39-36(38(41)42)24-26-19-21-30(22-20-26)43-23-9-14-27-13-8-17-32-31-15-5-4-12-29(31)25-34(27)32/h1-22,36,39H,23-25H2,(H,41,42)/b14-9+/t36-/m0/s1. The lowest BCUT2D eigenvalue weighted by molar-refractivity contribution is -0.137. The van der Waals surface area contributed by atoms with Gasteiger partial charge < -0.3 is 15.2 Å². The van der Waals surface area contributed by atoms with Gasteiger partial charge in [0.05, 0.1) is 0 Å². The number of ether oxygens (including phenoxy) is 1. The van der Waals surface area contributed by atoms with Crippen LogP contribution >= 0.6 is 0 Å². The van der Waals surface area contributed by atoms with Crippen LogP contribution in [0.15, 0.2) is 127 Å². The van der Waals surface area contributed by atoms with Gasteiger partial charge in [0.2, 0.25) is 0 Å². The largest absolute Gasteiger partial charge is 0.490 e. The van der Waals surface area contributed by atoms with E-state index in [0.29, 0.717) is 29.2 Å². The number of aliphatic carboxylic acids is 1. The van der Waals surface area contributed by atoms with Crippen LogP contribution in [-0.2, 0) is 17.6 Å². The Kier molecular flexibility index (Phi) is 8.14. The number of carbonyl (C=O) groups excluding carboxylic acids is 1. The lowest BCUT2D eigenvalue weighted by atomic mass is 10.00. The molecule has 0 aromatic heterocycles. The monoisotopic (exact) mass is 565 g/mol. The molecule has 0 saturated heterocycles. The van der Waals surface area contributed by atoms with Crippen molar-refractivity contribution in [3.05, 3.63) is 161 Å². The molecule has 0 bridgehead atoms. The zero-order valence-corrected chi connectivity index (χ0v) is 23.6. The number of benzene rings is 5. The van der Waals surface area contributed by atoms with Crippen LogP contribution < -0.4 is 10.1 Å². The maximum Gasteiger partial charge on any atom is 0.326 e. The van der Waals surface area contributed by atoms with E-state index in [1.807, 2.05) is 36.4 Å². The van der Waals surface area contributed by atoms with Crippen LogP contribution in [0.3, 0.4) is 0 Å². The van der Waals surface area contributed by atoms with E-state index in [2.05, 4.69) is 53.9 Å². The Balaban J connectivity index is 1.07. The molecule has 0 unspecified atom stereocenters. The van der Waals surface area contributed by atoms with E-state index in [-0.39, 0.29) is 12.2 Å². The number of carboxylic acids is 1. The number of carboxylic acid groups (broad SMARTS) is 1. The molecule has 0 spiro atoms. The number of ketones is 1. The molecule has 1 aliphatic carbocycles. The van der Waals surface area contributed by atoms with Gasteiger partial charge in [-0.05, 0) is 70.1 Å². The minimum Gasteiger partial charge on any atom is -0.490 e. The normalized spacial score (nSPS) is 12.4. The lowest BCUT2D eigenvalue weighted by Crippen LogP contribution is -2.32. The first-order chi connectivity index (χ1) is 21.1. The van der Waals surface area contributed by atoms with Crippen molar-refractivity contribution in [2.75, 3.05) is 11.9 Å². The van der Waals surface area contributed by atoms with Gasteiger partial charge in [0.25, 0.3) is 0 Å². The van der Waals surface area contributed by atoms with Crippen LogP contribution in [0, 0.1) is 0 Å². The quantitative estimate of drug-likeness (QED) is 0.158. The van der Waals surface area contributed by atoms with E-state index in [1.54, 1.807) is 48.5 Å². The fourth-order valence-electron chi connectivity index (χ4n) is 5.55. The van der Waals surface area contributed by atoms with Crippen LogP contribution in [0.1, 0.15) is 38.2 Å². The Morgan fingerprint density at radius 3 is 2.33 bits per heavy atom. The molecule has 43 heavy (non-hydrogen) atoms. The van der Waals surface area contributed by atoms with Crippen molar-refractivity contribution in [3.63, 3.8) is 0 Å². The van der Waals surface area contributed by atoms with Crippen LogP contribution in [-0.4, -0.2) is 29.5 Å². The number of anilines is 1. The summed E-state index contributed by atoms with van der Waals surface area (Å²) in [6.45, 7) is 0.418. The smallest absolute Gasteiger partial charge is 0.326 e. The highest BCUT2D eigenvalue weighted by Gasteiger charge is 2.22. The molecule has 212 valence electrons. The second-order valence-corrected chi connectivity index (χ2v) is 10.5. The molecule has 0 saturated carbocycles. The van der Waals surface area contributed by atoms with E-state index in [9.17, 15) is 14.7 Å². The summed E-state index contributed by atoms with van der Waals surface area (Å²) in [5.74, 6) is -0.453. The average molecular weight is 566 g/mol. The van der Waals surface area contributed by atoms with Crippen LogP contribution in [0.25, 0.3) is 17.2 Å². The van der Waals surface area contributed by atoms with Gasteiger partial charge in [0.15, 0.2) is 5.78 Å². The number of nitrogens with one attached hydrogen (secondary N) is 1. The summed E-state index contributed by atoms with van der Waals surface area (Å²) in [5, 5.41) is 13.0. The van der Waals surface area contributed by atoms with Crippen molar-refractivity contribution >= 4 is 23.5 Å².